The van der Waals surface area contributed by atoms with Gasteiger partial charge in [-0.25, -0.2) is 0 Å². The molecule has 0 radical (unpaired) electrons. The van der Waals surface area contributed by atoms with Crippen LogP contribution in [0.2, 0.25) is 0 Å². The van der Waals surface area contributed by atoms with Gasteiger partial charge in [0.05, 0.1) is 5.56 Å². The first kappa shape index (κ1) is 26.4. The van der Waals surface area contributed by atoms with Crippen LogP contribution in [0.4, 0.5) is 18.9 Å². The van der Waals surface area contributed by atoms with Crippen molar-refractivity contribution in [1.29, 1.82) is 0 Å². The van der Waals surface area contributed by atoms with E-state index < -0.39 is 11.7 Å². The van der Waals surface area contributed by atoms with Gasteiger partial charge in [-0.3, -0.25) is 4.79 Å². The van der Waals surface area contributed by atoms with E-state index in [9.17, 15) is 18.0 Å². The van der Waals surface area contributed by atoms with Crippen LogP contribution in [0.3, 0.4) is 0 Å². The molecule has 0 bridgehead atoms. The maximum Gasteiger partial charge on any atom is 0.416 e. The van der Waals surface area contributed by atoms with Crippen molar-refractivity contribution in [2.24, 2.45) is 0 Å². The molecule has 0 unspecified atom stereocenters. The average molecular weight is 526 g/mol. The number of carbonyl (C=O) groups excluding carboxylic acids is 1. The van der Waals surface area contributed by atoms with Crippen molar-refractivity contribution in [3.63, 3.8) is 0 Å². The Balaban J connectivity index is 1.18. The standard InChI is InChI=1S/C30H34F3N3O2/c1-21(2)34-13-11-27(12-14-34)38-28-10-5-22-19-24(4-3-23(22)20-28)29(37)36-17-15-35(16-18-36)26-8-6-25(7-9-26)30(31,32)33/h3-10,19-21,27H,11-18H2,1-2H3. The predicted octanol–water partition coefficient (Wildman–Crippen LogP) is 6.07. The van der Waals surface area contributed by atoms with E-state index in [4.69, 9.17) is 4.74 Å². The molecule has 8 heteroatoms. The van der Waals surface area contributed by atoms with Gasteiger partial charge in [-0.15, -0.1) is 0 Å². The Morgan fingerprint density at radius 3 is 2.11 bits per heavy atom. The lowest BCUT2D eigenvalue weighted by atomic mass is 10.0. The molecular formula is C30H34F3N3O2. The van der Waals surface area contributed by atoms with Crippen LogP contribution in [0.1, 0.15) is 42.6 Å². The van der Waals surface area contributed by atoms with Gasteiger partial charge in [0, 0.05) is 56.6 Å². The molecule has 2 aliphatic rings. The Morgan fingerprint density at radius 2 is 1.47 bits per heavy atom. The summed E-state index contributed by atoms with van der Waals surface area (Å²) in [5, 5.41) is 2.02. The van der Waals surface area contributed by atoms with E-state index in [0.717, 1.165) is 60.3 Å². The van der Waals surface area contributed by atoms with Crippen LogP contribution in [0.25, 0.3) is 10.8 Å². The number of carbonyl (C=O) groups is 1. The number of anilines is 1. The summed E-state index contributed by atoms with van der Waals surface area (Å²) >= 11 is 0. The molecule has 0 atom stereocenters. The largest absolute Gasteiger partial charge is 0.490 e. The van der Waals surface area contributed by atoms with Gasteiger partial charge in [-0.1, -0.05) is 12.1 Å². The van der Waals surface area contributed by atoms with Crippen molar-refractivity contribution in [1.82, 2.24) is 9.80 Å². The second kappa shape index (κ2) is 10.8. The van der Waals surface area contributed by atoms with E-state index in [2.05, 4.69) is 18.7 Å². The van der Waals surface area contributed by atoms with Crippen LogP contribution in [-0.2, 0) is 6.18 Å². The SMILES string of the molecule is CC(C)N1CCC(Oc2ccc3cc(C(=O)N4CCN(c5ccc(C(F)(F)F)cc5)CC4)ccc3c2)CC1. The minimum atomic E-state index is -4.34. The number of ether oxygens (including phenoxy) is 1. The number of rotatable bonds is 5. The average Bonchev–Trinajstić information content (AvgIpc) is 2.92. The van der Waals surface area contributed by atoms with E-state index in [0.29, 0.717) is 37.8 Å². The third-order valence-corrected chi connectivity index (χ3v) is 7.69. The first-order valence-corrected chi connectivity index (χ1v) is 13.3. The predicted molar refractivity (Wildman–Crippen MR) is 144 cm³/mol. The highest BCUT2D eigenvalue weighted by molar-refractivity contribution is 5.99. The van der Waals surface area contributed by atoms with Crippen LogP contribution in [0.5, 0.6) is 5.75 Å². The van der Waals surface area contributed by atoms with Crippen molar-refractivity contribution < 1.29 is 22.7 Å². The molecule has 0 spiro atoms. The second-order valence-corrected chi connectivity index (χ2v) is 10.5. The first-order chi connectivity index (χ1) is 18.2. The number of fused-ring (bicyclic) bond motifs is 1. The highest BCUT2D eigenvalue weighted by atomic mass is 19.4. The summed E-state index contributed by atoms with van der Waals surface area (Å²) in [4.78, 5) is 19.5. The van der Waals surface area contributed by atoms with E-state index in [1.54, 1.807) is 0 Å². The van der Waals surface area contributed by atoms with Gasteiger partial charge in [0.15, 0.2) is 0 Å². The lowest BCUT2D eigenvalue weighted by Gasteiger charge is -2.36. The fourth-order valence-electron chi connectivity index (χ4n) is 5.34. The third-order valence-electron chi connectivity index (χ3n) is 7.69. The van der Waals surface area contributed by atoms with Gasteiger partial charge in [0.1, 0.15) is 11.9 Å². The van der Waals surface area contributed by atoms with Crippen LogP contribution in [-0.4, -0.2) is 67.1 Å². The molecule has 2 saturated heterocycles. The number of piperazine rings is 1. The zero-order valence-electron chi connectivity index (χ0n) is 21.9. The molecule has 5 nitrogen and oxygen atoms in total. The maximum atomic E-state index is 13.2. The summed E-state index contributed by atoms with van der Waals surface area (Å²) in [6, 6.07) is 17.5. The lowest BCUT2D eigenvalue weighted by Crippen LogP contribution is -2.48. The molecule has 38 heavy (non-hydrogen) atoms. The normalized spacial score (nSPS) is 17.8. The minimum Gasteiger partial charge on any atom is -0.490 e. The smallest absolute Gasteiger partial charge is 0.416 e. The van der Waals surface area contributed by atoms with Crippen molar-refractivity contribution in [3.8, 4) is 5.75 Å². The van der Waals surface area contributed by atoms with Crippen LogP contribution < -0.4 is 9.64 Å². The molecule has 2 heterocycles. The molecule has 2 fully saturated rings. The molecular weight excluding hydrogens is 491 g/mol. The topological polar surface area (TPSA) is 36.0 Å². The van der Waals surface area contributed by atoms with Crippen LogP contribution in [0, 0.1) is 0 Å². The highest BCUT2D eigenvalue weighted by Gasteiger charge is 2.30. The number of benzene rings is 3. The van der Waals surface area contributed by atoms with E-state index in [1.165, 1.54) is 12.1 Å². The zero-order chi connectivity index (χ0) is 26.9. The van der Waals surface area contributed by atoms with Crippen molar-refractivity contribution in [2.75, 3.05) is 44.2 Å². The van der Waals surface area contributed by atoms with E-state index in [1.807, 2.05) is 46.2 Å². The molecule has 2 aliphatic heterocycles. The molecule has 3 aromatic rings. The zero-order valence-corrected chi connectivity index (χ0v) is 21.9. The molecule has 3 aromatic carbocycles. The summed E-state index contributed by atoms with van der Waals surface area (Å²) < 4.78 is 44.8. The monoisotopic (exact) mass is 525 g/mol. The number of hydrogen-bond donors (Lipinski definition) is 0. The molecule has 202 valence electrons. The summed E-state index contributed by atoms with van der Waals surface area (Å²) in [5.41, 5.74) is 0.714. The third kappa shape index (κ3) is 5.90. The lowest BCUT2D eigenvalue weighted by molar-refractivity contribution is -0.137. The molecule has 5 rings (SSSR count). The number of halogens is 3. The highest BCUT2D eigenvalue weighted by Crippen LogP contribution is 2.31. The first-order valence-electron chi connectivity index (χ1n) is 13.3. The Kier molecular flexibility index (Phi) is 7.52. The molecule has 0 aliphatic carbocycles. The number of likely N-dealkylation sites (tertiary alicyclic amines) is 1. The van der Waals surface area contributed by atoms with E-state index >= 15 is 0 Å². The second-order valence-electron chi connectivity index (χ2n) is 10.5. The van der Waals surface area contributed by atoms with Gasteiger partial charge < -0.3 is 19.4 Å². The summed E-state index contributed by atoms with van der Waals surface area (Å²) in [6.07, 6.45) is -2.07. The molecule has 0 N–H and O–H groups in total. The Labute approximate surface area is 221 Å². The maximum absolute atomic E-state index is 13.2. The van der Waals surface area contributed by atoms with Gasteiger partial charge in [0.2, 0.25) is 0 Å². The fraction of sp³-hybridized carbons (Fsp3) is 0.433. The van der Waals surface area contributed by atoms with Crippen molar-refractivity contribution >= 4 is 22.4 Å². The number of piperidine rings is 1. The number of amides is 1. The van der Waals surface area contributed by atoms with E-state index in [-0.39, 0.29) is 12.0 Å². The minimum absolute atomic E-state index is 0.0313. The van der Waals surface area contributed by atoms with Gasteiger partial charge in [-0.2, -0.15) is 13.2 Å². The molecule has 0 aromatic heterocycles. The summed E-state index contributed by atoms with van der Waals surface area (Å²) in [5.74, 6) is 0.829. The van der Waals surface area contributed by atoms with Gasteiger partial charge in [0.25, 0.3) is 5.91 Å². The van der Waals surface area contributed by atoms with Gasteiger partial charge in [-0.05, 0) is 86.0 Å². The van der Waals surface area contributed by atoms with Crippen LogP contribution >= 0.6 is 0 Å². The molecule has 1 amide bonds. The van der Waals surface area contributed by atoms with Crippen molar-refractivity contribution in [3.05, 3.63) is 71.8 Å². The summed E-state index contributed by atoms with van der Waals surface area (Å²) in [7, 11) is 0. The van der Waals surface area contributed by atoms with Crippen molar-refractivity contribution in [2.45, 2.75) is 45.0 Å². The van der Waals surface area contributed by atoms with Gasteiger partial charge >= 0.3 is 6.18 Å². The Hall–Kier alpha value is -3.26. The fourth-order valence-corrected chi connectivity index (χ4v) is 5.34. The Morgan fingerprint density at radius 1 is 0.842 bits per heavy atom. The Bertz CT molecular complexity index is 1260. The molecule has 0 saturated carbocycles. The number of hydrogen-bond acceptors (Lipinski definition) is 4. The summed E-state index contributed by atoms with van der Waals surface area (Å²) in [6.45, 7) is 8.74. The number of nitrogens with zero attached hydrogens (tertiary/aromatic N) is 3. The quantitative estimate of drug-likeness (QED) is 0.405. The number of alkyl halides is 3. The van der Waals surface area contributed by atoms with Crippen LogP contribution in [0.15, 0.2) is 60.7 Å².